The highest BCUT2D eigenvalue weighted by atomic mass is 19.3. The first-order valence-electron chi connectivity index (χ1n) is 4.58. The van der Waals surface area contributed by atoms with E-state index < -0.39 is 24.3 Å². The van der Waals surface area contributed by atoms with E-state index in [2.05, 4.69) is 16.1 Å². The highest BCUT2D eigenvalue weighted by Gasteiger charge is 2.26. The first kappa shape index (κ1) is 14.5. The van der Waals surface area contributed by atoms with Crippen molar-refractivity contribution in [2.45, 2.75) is 26.2 Å². The Morgan fingerprint density at radius 3 is 2.19 bits per heavy atom. The zero-order chi connectivity index (χ0) is 12.8. The van der Waals surface area contributed by atoms with Crippen LogP contribution in [0.15, 0.2) is 12.2 Å². The molecule has 0 radical (unpaired) electrons. The molecule has 0 saturated heterocycles. The first-order chi connectivity index (χ1) is 7.22. The summed E-state index contributed by atoms with van der Waals surface area (Å²) < 4.78 is 33.6. The second-order valence-corrected chi connectivity index (χ2v) is 3.38. The summed E-state index contributed by atoms with van der Waals surface area (Å²) >= 11 is 0. The number of ether oxygens (including phenoxy) is 2. The number of carbonyl (C=O) groups is 2. The van der Waals surface area contributed by atoms with Crippen LogP contribution >= 0.6 is 0 Å². The van der Waals surface area contributed by atoms with E-state index in [4.69, 9.17) is 0 Å². The topological polar surface area (TPSA) is 52.6 Å². The molecule has 4 nitrogen and oxygen atoms in total. The summed E-state index contributed by atoms with van der Waals surface area (Å²) in [7, 11) is 0. The summed E-state index contributed by atoms with van der Waals surface area (Å²) in [5.41, 5.74) is 0.214. The van der Waals surface area contributed by atoms with Gasteiger partial charge in [0.05, 0.1) is 0 Å². The van der Waals surface area contributed by atoms with Gasteiger partial charge in [-0.05, 0) is 13.8 Å². The normalized spacial score (nSPS) is 10.8. The number of alkyl halides is 2. The van der Waals surface area contributed by atoms with Crippen molar-refractivity contribution in [3.05, 3.63) is 12.2 Å². The molecular weight excluding hydrogens is 222 g/mol. The van der Waals surface area contributed by atoms with Crippen molar-refractivity contribution < 1.29 is 27.8 Å². The standard InChI is InChI=1S/C10H14F2O4/c1-7(2)9(14)16-5-4-15-8(13)6-10(3,11)12/h1,4-6H2,2-3H3. The fourth-order valence-electron chi connectivity index (χ4n) is 0.718. The van der Waals surface area contributed by atoms with Crippen LogP contribution < -0.4 is 0 Å². The predicted octanol–water partition coefficient (Wildman–Crippen LogP) is 1.69. The van der Waals surface area contributed by atoms with Gasteiger partial charge < -0.3 is 9.47 Å². The number of hydrogen-bond acceptors (Lipinski definition) is 4. The van der Waals surface area contributed by atoms with Gasteiger partial charge in [-0.2, -0.15) is 0 Å². The molecule has 0 rings (SSSR count). The van der Waals surface area contributed by atoms with E-state index in [1.807, 2.05) is 0 Å². The van der Waals surface area contributed by atoms with Crippen LogP contribution in [-0.4, -0.2) is 31.1 Å². The molecule has 0 aromatic carbocycles. The maximum atomic E-state index is 12.3. The zero-order valence-electron chi connectivity index (χ0n) is 9.22. The summed E-state index contributed by atoms with van der Waals surface area (Å²) in [6, 6.07) is 0. The molecule has 0 aromatic heterocycles. The van der Waals surface area contributed by atoms with Crippen LogP contribution in [0.5, 0.6) is 0 Å². The summed E-state index contributed by atoms with van der Waals surface area (Å²) in [6.45, 7) is 5.00. The SMILES string of the molecule is C=C(C)C(=O)OCCOC(=O)CC(C)(F)F. The van der Waals surface area contributed by atoms with E-state index in [9.17, 15) is 18.4 Å². The highest BCUT2D eigenvalue weighted by molar-refractivity contribution is 5.86. The van der Waals surface area contributed by atoms with E-state index in [0.29, 0.717) is 6.92 Å². The molecule has 0 unspecified atom stereocenters. The average Bonchev–Trinajstić information content (AvgIpc) is 2.08. The monoisotopic (exact) mass is 236 g/mol. The van der Waals surface area contributed by atoms with Crippen molar-refractivity contribution in [2.75, 3.05) is 13.2 Å². The Kier molecular flexibility index (Phi) is 5.63. The zero-order valence-corrected chi connectivity index (χ0v) is 9.22. The summed E-state index contributed by atoms with van der Waals surface area (Å²) in [5.74, 6) is -4.73. The van der Waals surface area contributed by atoms with Gasteiger partial charge in [0.15, 0.2) is 0 Å². The van der Waals surface area contributed by atoms with Gasteiger partial charge in [0.2, 0.25) is 0 Å². The van der Waals surface area contributed by atoms with Crippen LogP contribution in [0.25, 0.3) is 0 Å². The summed E-state index contributed by atoms with van der Waals surface area (Å²) in [5, 5.41) is 0. The minimum absolute atomic E-state index is 0.174. The quantitative estimate of drug-likeness (QED) is 0.400. The van der Waals surface area contributed by atoms with E-state index >= 15 is 0 Å². The lowest BCUT2D eigenvalue weighted by atomic mass is 10.3. The molecule has 0 amide bonds. The Balaban J connectivity index is 3.64. The van der Waals surface area contributed by atoms with Gasteiger partial charge in [-0.25, -0.2) is 13.6 Å². The number of halogens is 2. The summed E-state index contributed by atoms with van der Waals surface area (Å²) in [6.07, 6.45) is -0.985. The number of rotatable bonds is 6. The predicted molar refractivity (Wildman–Crippen MR) is 52.0 cm³/mol. The van der Waals surface area contributed by atoms with Crippen LogP contribution in [0.4, 0.5) is 8.78 Å². The number of esters is 2. The third kappa shape index (κ3) is 7.90. The molecule has 0 bridgehead atoms. The molecule has 0 heterocycles. The second kappa shape index (κ2) is 6.19. The Morgan fingerprint density at radius 2 is 1.75 bits per heavy atom. The minimum Gasteiger partial charge on any atom is -0.462 e. The summed E-state index contributed by atoms with van der Waals surface area (Å²) in [4.78, 5) is 21.6. The molecule has 0 saturated carbocycles. The van der Waals surface area contributed by atoms with Gasteiger partial charge in [0.25, 0.3) is 5.92 Å². The Labute approximate surface area is 92.2 Å². The van der Waals surface area contributed by atoms with Crippen molar-refractivity contribution >= 4 is 11.9 Å². The molecule has 0 aliphatic heterocycles. The average molecular weight is 236 g/mol. The fourth-order valence-corrected chi connectivity index (χ4v) is 0.718. The van der Waals surface area contributed by atoms with E-state index in [-0.39, 0.29) is 18.8 Å². The third-order valence-electron chi connectivity index (χ3n) is 1.38. The van der Waals surface area contributed by atoms with Crippen LogP contribution in [0.2, 0.25) is 0 Å². The molecule has 0 spiro atoms. The van der Waals surface area contributed by atoms with Gasteiger partial charge in [-0.3, -0.25) is 4.79 Å². The Hall–Kier alpha value is -1.46. The van der Waals surface area contributed by atoms with Gasteiger partial charge in [-0.1, -0.05) is 6.58 Å². The second-order valence-electron chi connectivity index (χ2n) is 3.38. The molecular formula is C10H14F2O4. The molecule has 92 valence electrons. The van der Waals surface area contributed by atoms with Crippen molar-refractivity contribution in [1.82, 2.24) is 0 Å². The molecule has 0 fully saturated rings. The van der Waals surface area contributed by atoms with Crippen molar-refractivity contribution in [3.63, 3.8) is 0 Å². The number of carbonyl (C=O) groups excluding carboxylic acids is 2. The Bertz CT molecular complexity index is 281. The van der Waals surface area contributed by atoms with E-state index in [1.54, 1.807) is 0 Å². The molecule has 16 heavy (non-hydrogen) atoms. The number of hydrogen-bond donors (Lipinski definition) is 0. The highest BCUT2D eigenvalue weighted by Crippen LogP contribution is 2.16. The van der Waals surface area contributed by atoms with Crippen LogP contribution in [0.1, 0.15) is 20.3 Å². The van der Waals surface area contributed by atoms with Crippen molar-refractivity contribution in [2.24, 2.45) is 0 Å². The smallest absolute Gasteiger partial charge is 0.333 e. The molecule has 0 aliphatic carbocycles. The van der Waals surface area contributed by atoms with Crippen LogP contribution in [-0.2, 0) is 19.1 Å². The lowest BCUT2D eigenvalue weighted by Crippen LogP contribution is -2.20. The lowest BCUT2D eigenvalue weighted by Gasteiger charge is -2.09. The first-order valence-corrected chi connectivity index (χ1v) is 4.58. The fraction of sp³-hybridized carbons (Fsp3) is 0.600. The molecule has 0 N–H and O–H groups in total. The van der Waals surface area contributed by atoms with Crippen molar-refractivity contribution in [1.29, 1.82) is 0 Å². The molecule has 0 aromatic rings. The van der Waals surface area contributed by atoms with Crippen molar-refractivity contribution in [3.8, 4) is 0 Å². The lowest BCUT2D eigenvalue weighted by molar-refractivity contribution is -0.155. The largest absolute Gasteiger partial charge is 0.462 e. The van der Waals surface area contributed by atoms with Gasteiger partial charge in [0.1, 0.15) is 19.6 Å². The van der Waals surface area contributed by atoms with Gasteiger partial charge in [0, 0.05) is 5.57 Å². The van der Waals surface area contributed by atoms with Gasteiger partial charge in [-0.15, -0.1) is 0 Å². The third-order valence-corrected chi connectivity index (χ3v) is 1.38. The van der Waals surface area contributed by atoms with Crippen LogP contribution in [0.3, 0.4) is 0 Å². The maximum Gasteiger partial charge on any atom is 0.333 e. The van der Waals surface area contributed by atoms with Gasteiger partial charge >= 0.3 is 11.9 Å². The molecule has 6 heteroatoms. The maximum absolute atomic E-state index is 12.3. The van der Waals surface area contributed by atoms with Crippen LogP contribution in [0, 0.1) is 0 Å². The minimum atomic E-state index is -3.09. The van der Waals surface area contributed by atoms with E-state index in [1.165, 1.54) is 6.92 Å². The Morgan fingerprint density at radius 1 is 1.25 bits per heavy atom. The molecule has 0 aliphatic rings. The molecule has 0 atom stereocenters. The van der Waals surface area contributed by atoms with E-state index in [0.717, 1.165) is 0 Å².